The summed E-state index contributed by atoms with van der Waals surface area (Å²) in [6, 6.07) is 1.89. The van der Waals surface area contributed by atoms with E-state index in [1.807, 2.05) is 19.9 Å². The van der Waals surface area contributed by atoms with E-state index in [4.69, 9.17) is 13.9 Å². The number of rotatable bonds is 7. The van der Waals surface area contributed by atoms with Crippen LogP contribution in [0, 0.1) is 28.6 Å². The van der Waals surface area contributed by atoms with Gasteiger partial charge in [0.05, 0.1) is 25.6 Å². The Hall–Kier alpha value is -2.04. The number of hydrogen-bond acceptors (Lipinski definition) is 5. The molecule has 172 valence electrons. The Morgan fingerprint density at radius 2 is 2.03 bits per heavy atom. The van der Waals surface area contributed by atoms with Gasteiger partial charge in [-0.3, -0.25) is 4.79 Å². The van der Waals surface area contributed by atoms with Crippen LogP contribution in [0.4, 0.5) is 0 Å². The minimum absolute atomic E-state index is 0.0990. The number of furan rings is 1. The molecule has 5 nitrogen and oxygen atoms in total. The summed E-state index contributed by atoms with van der Waals surface area (Å²) in [6.45, 7) is 10.8. The van der Waals surface area contributed by atoms with Crippen LogP contribution in [0.2, 0.25) is 0 Å². The molecule has 1 aromatic heterocycles. The van der Waals surface area contributed by atoms with E-state index < -0.39 is 0 Å². The molecule has 0 N–H and O–H groups in total. The van der Waals surface area contributed by atoms with Gasteiger partial charge in [0, 0.05) is 16.6 Å². The number of hydrogen-bond donors (Lipinski definition) is 0. The van der Waals surface area contributed by atoms with Gasteiger partial charge in [-0.05, 0) is 61.8 Å². The van der Waals surface area contributed by atoms with Crippen molar-refractivity contribution < 1.29 is 23.5 Å². The van der Waals surface area contributed by atoms with Gasteiger partial charge in [0.25, 0.3) is 0 Å². The standard InChI is InChI=1S/C26H38O5/c1-7-17(2)23(27)31-21(19-12-14-30-16-19)15-26(5)18(3)11-13-25(4)20(24(28)29-6)9-8-10-22(25)26/h9,12,14,16-18,21-22H,7-8,10-11,13,15H2,1-6H3. The monoisotopic (exact) mass is 430 g/mol. The lowest BCUT2D eigenvalue weighted by Gasteiger charge is -2.58. The summed E-state index contributed by atoms with van der Waals surface area (Å²) in [6.07, 6.45) is 10.4. The smallest absolute Gasteiger partial charge is 0.333 e. The summed E-state index contributed by atoms with van der Waals surface area (Å²) in [4.78, 5) is 25.3. The summed E-state index contributed by atoms with van der Waals surface area (Å²) in [5.41, 5.74) is 1.39. The molecule has 0 aromatic carbocycles. The van der Waals surface area contributed by atoms with Gasteiger partial charge in [-0.2, -0.15) is 0 Å². The van der Waals surface area contributed by atoms with Gasteiger partial charge in [-0.25, -0.2) is 4.79 Å². The van der Waals surface area contributed by atoms with Gasteiger partial charge < -0.3 is 13.9 Å². The number of fused-ring (bicyclic) bond motifs is 1. The Balaban J connectivity index is 1.95. The number of methoxy groups -OCH3 is 1. The molecule has 1 aromatic rings. The van der Waals surface area contributed by atoms with Crippen molar-refractivity contribution in [3.63, 3.8) is 0 Å². The van der Waals surface area contributed by atoms with Crippen molar-refractivity contribution in [2.24, 2.45) is 28.6 Å². The summed E-state index contributed by atoms with van der Waals surface area (Å²) in [5, 5.41) is 0. The van der Waals surface area contributed by atoms with Gasteiger partial charge in [0.2, 0.25) is 0 Å². The molecule has 31 heavy (non-hydrogen) atoms. The van der Waals surface area contributed by atoms with Crippen LogP contribution in [0.3, 0.4) is 0 Å². The Morgan fingerprint density at radius 1 is 1.29 bits per heavy atom. The third kappa shape index (κ3) is 4.33. The average Bonchev–Trinajstić information content (AvgIpc) is 3.30. The molecule has 0 saturated heterocycles. The van der Waals surface area contributed by atoms with Crippen LogP contribution in [0.1, 0.15) is 84.8 Å². The van der Waals surface area contributed by atoms with Crippen molar-refractivity contribution in [1.29, 1.82) is 0 Å². The van der Waals surface area contributed by atoms with Crippen molar-refractivity contribution in [3.8, 4) is 0 Å². The lowest BCUT2D eigenvalue weighted by atomic mass is 9.46. The third-order valence-corrected chi connectivity index (χ3v) is 8.43. The van der Waals surface area contributed by atoms with Crippen LogP contribution in [-0.4, -0.2) is 19.0 Å². The fraction of sp³-hybridized carbons (Fsp3) is 0.692. The number of allylic oxidation sites excluding steroid dienone is 1. The first-order valence-corrected chi connectivity index (χ1v) is 11.7. The van der Waals surface area contributed by atoms with Gasteiger partial charge >= 0.3 is 11.9 Å². The summed E-state index contributed by atoms with van der Waals surface area (Å²) in [7, 11) is 1.46. The van der Waals surface area contributed by atoms with E-state index in [1.165, 1.54) is 7.11 Å². The van der Waals surface area contributed by atoms with Crippen LogP contribution in [0.5, 0.6) is 0 Å². The van der Waals surface area contributed by atoms with Crippen LogP contribution in [-0.2, 0) is 19.1 Å². The molecule has 0 radical (unpaired) electrons. The molecule has 0 bridgehead atoms. The number of esters is 2. The quantitative estimate of drug-likeness (QED) is 0.478. The zero-order chi connectivity index (χ0) is 22.8. The van der Waals surface area contributed by atoms with Gasteiger partial charge in [0.15, 0.2) is 0 Å². The molecular weight excluding hydrogens is 392 g/mol. The van der Waals surface area contributed by atoms with Crippen molar-refractivity contribution in [2.75, 3.05) is 7.11 Å². The summed E-state index contributed by atoms with van der Waals surface area (Å²) in [5.74, 6) is 0.236. The fourth-order valence-electron chi connectivity index (χ4n) is 5.97. The minimum Gasteiger partial charge on any atom is -0.472 e. The largest absolute Gasteiger partial charge is 0.472 e. The SMILES string of the molecule is CCC(C)C(=O)OC(CC1(C)C(C)CCC2(C)C(C(=O)OC)=CCCC21)c1ccoc1. The van der Waals surface area contributed by atoms with E-state index in [9.17, 15) is 9.59 Å². The Morgan fingerprint density at radius 3 is 2.65 bits per heavy atom. The highest BCUT2D eigenvalue weighted by Crippen LogP contribution is 2.63. The normalized spacial score (nSPS) is 32.4. The molecule has 3 rings (SSSR count). The highest BCUT2D eigenvalue weighted by atomic mass is 16.5. The van der Waals surface area contributed by atoms with Crippen molar-refractivity contribution in [1.82, 2.24) is 0 Å². The van der Waals surface area contributed by atoms with Crippen LogP contribution < -0.4 is 0 Å². The van der Waals surface area contributed by atoms with Gasteiger partial charge in [-0.15, -0.1) is 0 Å². The maximum absolute atomic E-state index is 12.7. The van der Waals surface area contributed by atoms with E-state index in [2.05, 4.69) is 26.8 Å². The van der Waals surface area contributed by atoms with Crippen LogP contribution >= 0.6 is 0 Å². The predicted octanol–water partition coefficient (Wildman–Crippen LogP) is 6.25. The predicted molar refractivity (Wildman–Crippen MR) is 119 cm³/mol. The summed E-state index contributed by atoms with van der Waals surface area (Å²) < 4.78 is 16.5. The van der Waals surface area contributed by atoms with Crippen LogP contribution in [0.25, 0.3) is 0 Å². The first-order chi connectivity index (χ1) is 14.7. The van der Waals surface area contributed by atoms with E-state index in [-0.39, 0.29) is 34.8 Å². The van der Waals surface area contributed by atoms with Crippen molar-refractivity contribution in [2.45, 2.75) is 79.2 Å². The third-order valence-electron chi connectivity index (χ3n) is 8.43. The highest BCUT2D eigenvalue weighted by molar-refractivity contribution is 5.90. The molecule has 2 aliphatic rings. The number of carbonyl (C=O) groups excluding carboxylic acids is 2. The van der Waals surface area contributed by atoms with E-state index in [0.717, 1.165) is 43.2 Å². The maximum atomic E-state index is 12.7. The molecule has 0 spiro atoms. The molecule has 6 atom stereocenters. The lowest BCUT2D eigenvalue weighted by Crippen LogP contribution is -2.51. The molecule has 0 amide bonds. The van der Waals surface area contributed by atoms with Crippen molar-refractivity contribution >= 4 is 11.9 Å². The minimum atomic E-state index is -0.359. The number of carbonyl (C=O) groups is 2. The molecule has 6 unspecified atom stereocenters. The second-order valence-corrected chi connectivity index (χ2v) is 10.1. The fourth-order valence-corrected chi connectivity index (χ4v) is 5.97. The second kappa shape index (κ2) is 9.22. The first kappa shape index (κ1) is 23.6. The molecular formula is C26H38O5. The topological polar surface area (TPSA) is 65.7 Å². The molecule has 1 saturated carbocycles. The van der Waals surface area contributed by atoms with E-state index >= 15 is 0 Å². The summed E-state index contributed by atoms with van der Waals surface area (Å²) >= 11 is 0. The molecule has 1 heterocycles. The van der Waals surface area contributed by atoms with Gasteiger partial charge in [0.1, 0.15) is 6.10 Å². The number of ether oxygens (including phenoxy) is 2. The molecule has 0 aliphatic heterocycles. The van der Waals surface area contributed by atoms with E-state index in [1.54, 1.807) is 12.5 Å². The zero-order valence-electron chi connectivity index (χ0n) is 19.9. The second-order valence-electron chi connectivity index (χ2n) is 10.1. The first-order valence-electron chi connectivity index (χ1n) is 11.7. The average molecular weight is 431 g/mol. The Kier molecular flexibility index (Phi) is 7.02. The highest BCUT2D eigenvalue weighted by Gasteiger charge is 2.56. The zero-order valence-corrected chi connectivity index (χ0v) is 19.9. The molecule has 5 heteroatoms. The Labute approximate surface area is 186 Å². The van der Waals surface area contributed by atoms with E-state index in [0.29, 0.717) is 18.3 Å². The van der Waals surface area contributed by atoms with Crippen molar-refractivity contribution in [3.05, 3.63) is 35.8 Å². The van der Waals surface area contributed by atoms with Crippen LogP contribution in [0.15, 0.2) is 34.7 Å². The molecule has 2 aliphatic carbocycles. The Bertz CT molecular complexity index is 810. The molecule has 1 fully saturated rings. The maximum Gasteiger partial charge on any atom is 0.333 e. The lowest BCUT2D eigenvalue weighted by molar-refractivity contribution is -0.159. The van der Waals surface area contributed by atoms with Gasteiger partial charge in [-0.1, -0.05) is 40.7 Å².